The Kier molecular flexibility index (Phi) is 7.69. The topological polar surface area (TPSA) is 26.3 Å². The Balaban J connectivity index is 0.00000132. The van der Waals surface area contributed by atoms with Crippen LogP contribution in [0.2, 0.25) is 0 Å². The van der Waals surface area contributed by atoms with Gasteiger partial charge in [0, 0.05) is 4.90 Å². The molecule has 3 heteroatoms. The van der Waals surface area contributed by atoms with E-state index in [0.717, 1.165) is 27.1 Å². The predicted octanol–water partition coefficient (Wildman–Crippen LogP) is 7.86. The van der Waals surface area contributed by atoms with Crippen molar-refractivity contribution in [2.24, 2.45) is 0 Å². The Morgan fingerprint density at radius 1 is 0.613 bits per heavy atom. The van der Waals surface area contributed by atoms with E-state index in [9.17, 15) is 4.79 Å². The fourth-order valence-electron chi connectivity index (χ4n) is 3.08. The smallest absolute Gasteiger partial charge is 0.343 e. The SMILES string of the molecule is CC.Cc1ccc(-c2ccc(OC(=O)c3ccc(-c4ccc(S)cc4)cc3)cc2)cc1. The van der Waals surface area contributed by atoms with Gasteiger partial charge in [0.05, 0.1) is 5.56 Å². The van der Waals surface area contributed by atoms with E-state index in [1.54, 1.807) is 12.1 Å². The molecule has 0 aliphatic heterocycles. The molecule has 2 nitrogen and oxygen atoms in total. The second-order valence-corrected chi connectivity index (χ2v) is 7.42. The van der Waals surface area contributed by atoms with E-state index in [1.165, 1.54) is 5.56 Å². The van der Waals surface area contributed by atoms with Crippen LogP contribution in [-0.2, 0) is 0 Å². The highest BCUT2D eigenvalue weighted by Gasteiger charge is 2.09. The summed E-state index contributed by atoms with van der Waals surface area (Å²) in [7, 11) is 0. The molecule has 0 N–H and O–H groups in total. The van der Waals surface area contributed by atoms with Gasteiger partial charge in [0.1, 0.15) is 5.75 Å². The van der Waals surface area contributed by atoms with Crippen molar-refractivity contribution in [2.45, 2.75) is 25.7 Å². The first kappa shape index (κ1) is 22.4. The second-order valence-electron chi connectivity index (χ2n) is 6.90. The molecule has 0 aliphatic rings. The van der Waals surface area contributed by atoms with E-state index in [1.807, 2.05) is 74.5 Å². The van der Waals surface area contributed by atoms with Crippen molar-refractivity contribution in [3.8, 4) is 28.0 Å². The van der Waals surface area contributed by atoms with Gasteiger partial charge in [-0.2, -0.15) is 0 Å². The largest absolute Gasteiger partial charge is 0.423 e. The van der Waals surface area contributed by atoms with Crippen molar-refractivity contribution >= 4 is 18.6 Å². The summed E-state index contributed by atoms with van der Waals surface area (Å²) in [6.45, 7) is 6.07. The van der Waals surface area contributed by atoms with Crippen LogP contribution in [0.1, 0.15) is 29.8 Å². The maximum atomic E-state index is 12.5. The monoisotopic (exact) mass is 426 g/mol. The van der Waals surface area contributed by atoms with Crippen LogP contribution < -0.4 is 4.74 Å². The van der Waals surface area contributed by atoms with Gasteiger partial charge in [-0.15, -0.1) is 12.6 Å². The van der Waals surface area contributed by atoms with Gasteiger partial charge in [-0.1, -0.05) is 80.1 Å². The lowest BCUT2D eigenvalue weighted by atomic mass is 10.0. The van der Waals surface area contributed by atoms with E-state index in [4.69, 9.17) is 4.74 Å². The number of hydrogen-bond donors (Lipinski definition) is 1. The molecule has 4 rings (SSSR count). The fourth-order valence-corrected chi connectivity index (χ4v) is 3.23. The lowest BCUT2D eigenvalue weighted by Crippen LogP contribution is -2.08. The third-order valence-electron chi connectivity index (χ3n) is 4.77. The van der Waals surface area contributed by atoms with Crippen molar-refractivity contribution < 1.29 is 9.53 Å². The highest BCUT2D eigenvalue weighted by molar-refractivity contribution is 7.80. The molecule has 0 radical (unpaired) electrons. The normalized spacial score (nSPS) is 10.1. The van der Waals surface area contributed by atoms with Crippen LogP contribution in [0.15, 0.2) is 102 Å². The van der Waals surface area contributed by atoms with Gasteiger partial charge in [0.2, 0.25) is 0 Å². The van der Waals surface area contributed by atoms with Crippen LogP contribution in [0.3, 0.4) is 0 Å². The Labute approximate surface area is 189 Å². The second kappa shape index (κ2) is 10.6. The number of ether oxygens (including phenoxy) is 1. The number of carbonyl (C=O) groups is 1. The van der Waals surface area contributed by atoms with Crippen LogP contribution in [0.5, 0.6) is 5.75 Å². The number of rotatable bonds is 4. The molecule has 156 valence electrons. The number of benzene rings is 4. The van der Waals surface area contributed by atoms with Gasteiger partial charge in [0.15, 0.2) is 0 Å². The van der Waals surface area contributed by atoms with Gasteiger partial charge < -0.3 is 4.74 Å². The molecule has 31 heavy (non-hydrogen) atoms. The average Bonchev–Trinajstić information content (AvgIpc) is 2.82. The highest BCUT2D eigenvalue weighted by Crippen LogP contribution is 2.24. The molecular formula is C28H26O2S. The fraction of sp³-hybridized carbons (Fsp3) is 0.107. The third-order valence-corrected chi connectivity index (χ3v) is 5.07. The number of hydrogen-bond acceptors (Lipinski definition) is 3. The van der Waals surface area contributed by atoms with E-state index >= 15 is 0 Å². The Morgan fingerprint density at radius 3 is 1.48 bits per heavy atom. The molecular weight excluding hydrogens is 400 g/mol. The van der Waals surface area contributed by atoms with Gasteiger partial charge in [0.25, 0.3) is 0 Å². The average molecular weight is 427 g/mol. The number of thiol groups is 1. The summed E-state index contributed by atoms with van der Waals surface area (Å²) in [4.78, 5) is 13.4. The third kappa shape index (κ3) is 5.87. The summed E-state index contributed by atoms with van der Waals surface area (Å²) in [6.07, 6.45) is 0. The van der Waals surface area contributed by atoms with Crippen molar-refractivity contribution in [3.05, 3.63) is 108 Å². The lowest BCUT2D eigenvalue weighted by Gasteiger charge is -2.07. The van der Waals surface area contributed by atoms with Crippen molar-refractivity contribution in [3.63, 3.8) is 0 Å². The maximum Gasteiger partial charge on any atom is 0.343 e. The molecule has 0 saturated carbocycles. The number of carbonyl (C=O) groups excluding carboxylic acids is 1. The summed E-state index contributed by atoms with van der Waals surface area (Å²) in [5.74, 6) is 0.157. The number of aryl methyl sites for hydroxylation is 1. The minimum absolute atomic E-state index is 0.370. The van der Waals surface area contributed by atoms with Gasteiger partial charge in [-0.05, 0) is 65.6 Å². The Bertz CT molecular complexity index is 1110. The van der Waals surface area contributed by atoms with E-state index < -0.39 is 0 Å². The van der Waals surface area contributed by atoms with Crippen molar-refractivity contribution in [2.75, 3.05) is 0 Å². The molecule has 0 heterocycles. The molecule has 0 aromatic heterocycles. The standard InChI is InChI=1S/C26H20O2S.C2H6/c1-18-2-4-19(5-3-18)21-10-14-24(15-11-21)28-26(27)23-8-6-20(7-9-23)22-12-16-25(29)17-13-22;1-2/h2-17,29H,1H3;1-2H3. The molecule has 0 amide bonds. The Morgan fingerprint density at radius 2 is 1.00 bits per heavy atom. The zero-order chi connectivity index (χ0) is 22.2. The molecule has 0 unspecified atom stereocenters. The minimum Gasteiger partial charge on any atom is -0.423 e. The summed E-state index contributed by atoms with van der Waals surface area (Å²) < 4.78 is 5.52. The number of esters is 1. The first-order valence-corrected chi connectivity index (χ1v) is 10.8. The zero-order valence-electron chi connectivity index (χ0n) is 18.0. The molecule has 0 spiro atoms. The van der Waals surface area contributed by atoms with Crippen LogP contribution in [0.25, 0.3) is 22.3 Å². The highest BCUT2D eigenvalue weighted by atomic mass is 32.1. The quantitative estimate of drug-likeness (QED) is 0.204. The molecule has 0 fully saturated rings. The predicted molar refractivity (Wildman–Crippen MR) is 132 cm³/mol. The lowest BCUT2D eigenvalue weighted by molar-refractivity contribution is 0.0735. The molecule has 4 aromatic rings. The summed E-state index contributed by atoms with van der Waals surface area (Å²) in [6, 6.07) is 31.2. The van der Waals surface area contributed by atoms with Gasteiger partial charge in [-0.25, -0.2) is 4.79 Å². The van der Waals surface area contributed by atoms with Crippen LogP contribution in [0.4, 0.5) is 0 Å². The summed E-state index contributed by atoms with van der Waals surface area (Å²) in [5, 5.41) is 0. The van der Waals surface area contributed by atoms with Crippen molar-refractivity contribution in [1.29, 1.82) is 0 Å². The minimum atomic E-state index is -0.370. The van der Waals surface area contributed by atoms with E-state index in [0.29, 0.717) is 11.3 Å². The first-order chi connectivity index (χ1) is 15.1. The molecule has 0 bridgehead atoms. The molecule has 0 aliphatic carbocycles. The first-order valence-electron chi connectivity index (χ1n) is 10.4. The van der Waals surface area contributed by atoms with Crippen molar-refractivity contribution in [1.82, 2.24) is 0 Å². The van der Waals surface area contributed by atoms with Gasteiger partial charge >= 0.3 is 5.97 Å². The summed E-state index contributed by atoms with van der Waals surface area (Å²) >= 11 is 4.30. The van der Waals surface area contributed by atoms with Crippen LogP contribution in [-0.4, -0.2) is 5.97 Å². The maximum absolute atomic E-state index is 12.5. The molecule has 4 aromatic carbocycles. The molecule has 0 atom stereocenters. The Hall–Kier alpha value is -3.30. The zero-order valence-corrected chi connectivity index (χ0v) is 18.9. The molecule has 0 saturated heterocycles. The van der Waals surface area contributed by atoms with Crippen LogP contribution >= 0.6 is 12.6 Å². The van der Waals surface area contributed by atoms with E-state index in [2.05, 4.69) is 43.8 Å². The summed E-state index contributed by atoms with van der Waals surface area (Å²) in [5.41, 5.74) is 6.08. The van der Waals surface area contributed by atoms with Gasteiger partial charge in [-0.3, -0.25) is 0 Å². The van der Waals surface area contributed by atoms with E-state index in [-0.39, 0.29) is 5.97 Å². The van der Waals surface area contributed by atoms with Crippen LogP contribution in [0, 0.1) is 6.92 Å².